The quantitative estimate of drug-likeness (QED) is 0.627. The highest BCUT2D eigenvalue weighted by Crippen LogP contribution is 2.17. The summed E-state index contributed by atoms with van der Waals surface area (Å²) in [7, 11) is -3.70. The lowest BCUT2D eigenvalue weighted by atomic mass is 10.1. The van der Waals surface area contributed by atoms with E-state index in [0.717, 1.165) is 19.3 Å². The van der Waals surface area contributed by atoms with Gasteiger partial charge in [-0.2, -0.15) is 0 Å². The zero-order chi connectivity index (χ0) is 19.0. The lowest BCUT2D eigenvalue weighted by Gasteiger charge is -2.17. The molecule has 4 N–H and O–H groups in total. The van der Waals surface area contributed by atoms with Crippen LogP contribution in [0.2, 0.25) is 0 Å². The maximum absolute atomic E-state index is 12.4. The third-order valence-electron chi connectivity index (χ3n) is 3.96. The Labute approximate surface area is 154 Å². The van der Waals surface area contributed by atoms with Crippen molar-refractivity contribution in [1.29, 1.82) is 0 Å². The smallest absolute Gasteiger partial charge is 0.261 e. The molecule has 0 fully saturated rings. The highest BCUT2D eigenvalue weighted by molar-refractivity contribution is 7.92. The summed E-state index contributed by atoms with van der Waals surface area (Å²) in [5, 5.41) is 2.90. The van der Waals surface area contributed by atoms with Crippen molar-refractivity contribution >= 4 is 21.6 Å². The zero-order valence-electron chi connectivity index (χ0n) is 14.8. The van der Waals surface area contributed by atoms with Crippen LogP contribution < -0.4 is 15.8 Å². The summed E-state index contributed by atoms with van der Waals surface area (Å²) in [6, 6.07) is 14.4. The van der Waals surface area contributed by atoms with Crippen molar-refractivity contribution in [3.05, 3.63) is 60.2 Å². The zero-order valence-corrected chi connectivity index (χ0v) is 15.6. The molecule has 0 bridgehead atoms. The van der Waals surface area contributed by atoms with E-state index in [1.807, 2.05) is 0 Å². The van der Waals surface area contributed by atoms with Crippen LogP contribution in [-0.4, -0.2) is 26.9 Å². The first kappa shape index (κ1) is 19.9. The van der Waals surface area contributed by atoms with E-state index in [2.05, 4.69) is 17.0 Å². The fourth-order valence-electron chi connectivity index (χ4n) is 2.51. The first-order chi connectivity index (χ1) is 12.5. The van der Waals surface area contributed by atoms with Gasteiger partial charge >= 0.3 is 0 Å². The maximum Gasteiger partial charge on any atom is 0.261 e. The molecule has 2 aromatic carbocycles. The number of amides is 1. The van der Waals surface area contributed by atoms with Crippen LogP contribution in [0.1, 0.15) is 36.5 Å². The van der Waals surface area contributed by atoms with Crippen molar-refractivity contribution in [3.8, 4) is 0 Å². The Morgan fingerprint density at radius 2 is 1.85 bits per heavy atom. The molecule has 140 valence electrons. The lowest BCUT2D eigenvalue weighted by molar-refractivity contribution is 0.0936. The van der Waals surface area contributed by atoms with Gasteiger partial charge in [0.1, 0.15) is 0 Å². The number of nitrogens with two attached hydrogens (primary N) is 1. The first-order valence-electron chi connectivity index (χ1n) is 8.65. The summed E-state index contributed by atoms with van der Waals surface area (Å²) in [6.45, 7) is 2.45. The number of unbranched alkanes of at least 4 members (excludes halogenated alkanes) is 1. The van der Waals surface area contributed by atoms with Crippen LogP contribution in [0.4, 0.5) is 5.69 Å². The summed E-state index contributed by atoms with van der Waals surface area (Å²) < 4.78 is 27.3. The highest BCUT2D eigenvalue weighted by Gasteiger charge is 2.16. The lowest BCUT2D eigenvalue weighted by Crippen LogP contribution is -2.40. The Morgan fingerprint density at radius 3 is 2.50 bits per heavy atom. The second-order valence-electron chi connectivity index (χ2n) is 6.05. The molecule has 1 amide bonds. The Morgan fingerprint density at radius 1 is 1.12 bits per heavy atom. The topological polar surface area (TPSA) is 101 Å². The van der Waals surface area contributed by atoms with E-state index >= 15 is 0 Å². The maximum atomic E-state index is 12.4. The molecule has 7 heteroatoms. The molecule has 2 rings (SSSR count). The molecular weight excluding hydrogens is 350 g/mol. The highest BCUT2D eigenvalue weighted by atomic mass is 32.2. The molecule has 0 heterocycles. The summed E-state index contributed by atoms with van der Waals surface area (Å²) in [6.07, 6.45) is 2.83. The van der Waals surface area contributed by atoms with Gasteiger partial charge < -0.3 is 11.1 Å². The van der Waals surface area contributed by atoms with Gasteiger partial charge in [-0.05, 0) is 36.8 Å². The molecular formula is C19H25N3O3S. The number of nitrogens with one attached hydrogen (secondary N) is 2. The van der Waals surface area contributed by atoms with Gasteiger partial charge in [-0.15, -0.1) is 0 Å². The minimum atomic E-state index is -3.70. The molecule has 2 aromatic rings. The molecule has 0 radical (unpaired) electrons. The number of carbonyl (C=O) groups is 1. The first-order valence-corrected chi connectivity index (χ1v) is 10.1. The molecule has 26 heavy (non-hydrogen) atoms. The van der Waals surface area contributed by atoms with Crippen LogP contribution >= 0.6 is 0 Å². The van der Waals surface area contributed by atoms with E-state index in [4.69, 9.17) is 5.73 Å². The van der Waals surface area contributed by atoms with E-state index in [1.165, 1.54) is 18.2 Å². The molecule has 0 aliphatic rings. The van der Waals surface area contributed by atoms with Crippen molar-refractivity contribution < 1.29 is 13.2 Å². The third kappa shape index (κ3) is 5.57. The number of carbonyl (C=O) groups excluding carboxylic acids is 1. The summed E-state index contributed by atoms with van der Waals surface area (Å²) in [5.74, 6) is -0.266. The van der Waals surface area contributed by atoms with Gasteiger partial charge in [0.05, 0.1) is 4.90 Å². The van der Waals surface area contributed by atoms with Gasteiger partial charge in [0.15, 0.2) is 0 Å². The Hall–Kier alpha value is -2.38. The van der Waals surface area contributed by atoms with Gasteiger partial charge in [-0.25, -0.2) is 8.42 Å². The van der Waals surface area contributed by atoms with Crippen molar-refractivity contribution in [2.24, 2.45) is 5.73 Å². The van der Waals surface area contributed by atoms with Crippen molar-refractivity contribution in [1.82, 2.24) is 5.32 Å². The molecule has 0 aliphatic heterocycles. The monoisotopic (exact) mass is 375 g/mol. The number of rotatable bonds is 9. The summed E-state index contributed by atoms with van der Waals surface area (Å²) in [5.41, 5.74) is 6.43. The SMILES string of the molecule is CCCCC(CN)NC(=O)c1cccc(NS(=O)(=O)c2ccccc2)c1. The predicted octanol–water partition coefficient (Wildman–Crippen LogP) is 2.73. The largest absolute Gasteiger partial charge is 0.348 e. The number of sulfonamides is 1. The summed E-state index contributed by atoms with van der Waals surface area (Å²) >= 11 is 0. The van der Waals surface area contributed by atoms with Crippen LogP contribution in [0.5, 0.6) is 0 Å². The minimum absolute atomic E-state index is 0.0906. The Kier molecular flexibility index (Phi) is 7.17. The van der Waals surface area contributed by atoms with Crippen molar-refractivity contribution in [3.63, 3.8) is 0 Å². The van der Waals surface area contributed by atoms with Gasteiger partial charge in [0.2, 0.25) is 0 Å². The molecule has 1 atom stereocenters. The fraction of sp³-hybridized carbons (Fsp3) is 0.316. The van der Waals surface area contributed by atoms with E-state index in [0.29, 0.717) is 17.8 Å². The standard InChI is InChI=1S/C19H25N3O3S/c1-2-3-9-17(14-20)21-19(23)15-8-7-10-16(13-15)22-26(24,25)18-11-5-4-6-12-18/h4-8,10-13,17,22H,2-3,9,14,20H2,1H3,(H,21,23). The van der Waals surface area contributed by atoms with Crippen LogP contribution in [0, 0.1) is 0 Å². The molecule has 0 aromatic heterocycles. The van der Waals surface area contributed by atoms with Crippen molar-refractivity contribution in [2.45, 2.75) is 37.1 Å². The molecule has 0 spiro atoms. The predicted molar refractivity (Wildman–Crippen MR) is 104 cm³/mol. The van der Waals surface area contributed by atoms with Crippen LogP contribution in [-0.2, 0) is 10.0 Å². The second kappa shape index (κ2) is 9.35. The van der Waals surface area contributed by atoms with E-state index in [1.54, 1.807) is 36.4 Å². The molecule has 0 saturated carbocycles. The van der Waals surface area contributed by atoms with E-state index in [-0.39, 0.29) is 16.8 Å². The minimum Gasteiger partial charge on any atom is -0.348 e. The molecule has 0 aliphatic carbocycles. The summed E-state index contributed by atoms with van der Waals surface area (Å²) in [4.78, 5) is 12.6. The fourth-order valence-corrected chi connectivity index (χ4v) is 3.58. The van der Waals surface area contributed by atoms with E-state index < -0.39 is 10.0 Å². The third-order valence-corrected chi connectivity index (χ3v) is 5.35. The average Bonchev–Trinajstić information content (AvgIpc) is 2.65. The number of hydrogen-bond donors (Lipinski definition) is 3. The van der Waals surface area contributed by atoms with Gasteiger partial charge in [-0.1, -0.05) is 44.0 Å². The second-order valence-corrected chi connectivity index (χ2v) is 7.73. The molecule has 0 saturated heterocycles. The van der Waals surface area contributed by atoms with Crippen molar-refractivity contribution in [2.75, 3.05) is 11.3 Å². The molecule has 6 nitrogen and oxygen atoms in total. The normalized spacial score (nSPS) is 12.4. The average molecular weight is 375 g/mol. The Balaban J connectivity index is 2.11. The Bertz CT molecular complexity index is 823. The van der Waals surface area contributed by atoms with Gasteiger partial charge in [0.25, 0.3) is 15.9 Å². The van der Waals surface area contributed by atoms with Crippen LogP contribution in [0.25, 0.3) is 0 Å². The van der Waals surface area contributed by atoms with Crippen LogP contribution in [0.3, 0.4) is 0 Å². The number of anilines is 1. The number of benzene rings is 2. The van der Waals surface area contributed by atoms with Gasteiger partial charge in [0, 0.05) is 23.8 Å². The van der Waals surface area contributed by atoms with Gasteiger partial charge in [-0.3, -0.25) is 9.52 Å². The van der Waals surface area contributed by atoms with E-state index in [9.17, 15) is 13.2 Å². The molecule has 1 unspecified atom stereocenters. The number of hydrogen-bond acceptors (Lipinski definition) is 4. The van der Waals surface area contributed by atoms with Crippen LogP contribution in [0.15, 0.2) is 59.5 Å².